The van der Waals surface area contributed by atoms with Crippen LogP contribution in [0.4, 0.5) is 0 Å². The second-order valence-corrected chi connectivity index (χ2v) is 6.41. The molecule has 0 aliphatic carbocycles. The summed E-state index contributed by atoms with van der Waals surface area (Å²) in [5.41, 5.74) is 2.54. The van der Waals surface area contributed by atoms with Crippen LogP contribution in [0.3, 0.4) is 0 Å². The van der Waals surface area contributed by atoms with Crippen LogP contribution in [0.1, 0.15) is 16.8 Å². The summed E-state index contributed by atoms with van der Waals surface area (Å²) in [5, 5.41) is 3.52. The molecule has 2 aromatic carbocycles. The number of rotatable bonds is 4. The quantitative estimate of drug-likeness (QED) is 0.854. The third-order valence-corrected chi connectivity index (χ3v) is 4.65. The van der Waals surface area contributed by atoms with E-state index < -0.39 is 0 Å². The van der Waals surface area contributed by atoms with Crippen LogP contribution >= 0.6 is 11.6 Å². The summed E-state index contributed by atoms with van der Waals surface area (Å²) in [6.45, 7) is 4.59. The second-order valence-electron chi connectivity index (χ2n) is 6.01. The molecule has 1 aliphatic heterocycles. The van der Waals surface area contributed by atoms with E-state index in [2.05, 4.69) is 11.9 Å². The van der Waals surface area contributed by atoms with Gasteiger partial charge in [-0.05, 0) is 36.3 Å². The Kier molecular flexibility index (Phi) is 5.19. The number of nitrogens with zero attached hydrogens (tertiary/aromatic N) is 1. The summed E-state index contributed by atoms with van der Waals surface area (Å²) < 4.78 is 0. The van der Waals surface area contributed by atoms with Gasteiger partial charge >= 0.3 is 0 Å². The molecule has 1 heterocycles. The SMILES string of the molecule is C=CC(=O)N[C@H]1CCN(C(=O)c2ccc(-c3ccccc3Cl)cc2)C1. The summed E-state index contributed by atoms with van der Waals surface area (Å²) in [4.78, 5) is 25.8. The number of benzene rings is 2. The van der Waals surface area contributed by atoms with Crippen molar-refractivity contribution in [3.05, 3.63) is 71.8 Å². The number of carbonyl (C=O) groups excluding carboxylic acids is 2. The van der Waals surface area contributed by atoms with Crippen molar-refractivity contribution in [3.8, 4) is 11.1 Å². The predicted octanol–water partition coefficient (Wildman–Crippen LogP) is 3.52. The largest absolute Gasteiger partial charge is 0.348 e. The van der Waals surface area contributed by atoms with Gasteiger partial charge in [0.15, 0.2) is 0 Å². The minimum Gasteiger partial charge on any atom is -0.348 e. The van der Waals surface area contributed by atoms with Gasteiger partial charge in [-0.1, -0.05) is 48.5 Å². The molecule has 1 N–H and O–H groups in total. The Morgan fingerprint density at radius 1 is 1.16 bits per heavy atom. The number of halogens is 1. The maximum Gasteiger partial charge on any atom is 0.253 e. The van der Waals surface area contributed by atoms with E-state index in [0.717, 1.165) is 17.5 Å². The van der Waals surface area contributed by atoms with Crippen molar-refractivity contribution >= 4 is 23.4 Å². The average molecular weight is 355 g/mol. The van der Waals surface area contributed by atoms with Crippen LogP contribution in [-0.4, -0.2) is 35.8 Å². The molecule has 1 saturated heterocycles. The normalized spacial score (nSPS) is 16.5. The molecule has 1 aliphatic rings. The van der Waals surface area contributed by atoms with E-state index in [4.69, 9.17) is 11.6 Å². The zero-order valence-corrected chi connectivity index (χ0v) is 14.5. The van der Waals surface area contributed by atoms with E-state index >= 15 is 0 Å². The zero-order valence-electron chi connectivity index (χ0n) is 13.7. The lowest BCUT2D eigenvalue weighted by molar-refractivity contribution is -0.117. The summed E-state index contributed by atoms with van der Waals surface area (Å²) >= 11 is 6.22. The lowest BCUT2D eigenvalue weighted by atomic mass is 10.0. The van der Waals surface area contributed by atoms with E-state index in [1.54, 1.807) is 4.90 Å². The van der Waals surface area contributed by atoms with Crippen LogP contribution in [0, 0.1) is 0 Å². The Morgan fingerprint density at radius 2 is 1.88 bits per heavy atom. The molecule has 2 amide bonds. The minimum absolute atomic E-state index is 0.0168. The first-order valence-electron chi connectivity index (χ1n) is 8.15. The lowest BCUT2D eigenvalue weighted by Crippen LogP contribution is -2.37. The van der Waals surface area contributed by atoms with Gasteiger partial charge in [-0.15, -0.1) is 0 Å². The average Bonchev–Trinajstić information content (AvgIpc) is 3.10. The molecule has 2 aromatic rings. The van der Waals surface area contributed by atoms with E-state index in [-0.39, 0.29) is 17.9 Å². The first-order valence-corrected chi connectivity index (χ1v) is 8.53. The van der Waals surface area contributed by atoms with Gasteiger partial charge in [0.2, 0.25) is 5.91 Å². The summed E-state index contributed by atoms with van der Waals surface area (Å²) in [6.07, 6.45) is 2.00. The molecule has 1 atom stereocenters. The fraction of sp³-hybridized carbons (Fsp3) is 0.200. The third-order valence-electron chi connectivity index (χ3n) is 4.32. The number of likely N-dealkylation sites (tertiary alicyclic amines) is 1. The van der Waals surface area contributed by atoms with Crippen molar-refractivity contribution in [3.63, 3.8) is 0 Å². The molecular formula is C20H19ClN2O2. The highest BCUT2D eigenvalue weighted by molar-refractivity contribution is 6.33. The Balaban J connectivity index is 1.68. The summed E-state index contributed by atoms with van der Waals surface area (Å²) in [5.74, 6) is -0.232. The Morgan fingerprint density at radius 3 is 2.56 bits per heavy atom. The first kappa shape index (κ1) is 17.2. The monoisotopic (exact) mass is 354 g/mol. The fourth-order valence-corrected chi connectivity index (χ4v) is 3.24. The van der Waals surface area contributed by atoms with Crippen molar-refractivity contribution in [2.75, 3.05) is 13.1 Å². The molecule has 0 saturated carbocycles. The van der Waals surface area contributed by atoms with E-state index in [0.29, 0.717) is 23.7 Å². The van der Waals surface area contributed by atoms with Crippen LogP contribution in [0.15, 0.2) is 61.2 Å². The highest BCUT2D eigenvalue weighted by Gasteiger charge is 2.27. The number of hydrogen-bond acceptors (Lipinski definition) is 2. The van der Waals surface area contributed by atoms with Gasteiger partial charge in [-0.25, -0.2) is 0 Å². The van der Waals surface area contributed by atoms with Crippen molar-refractivity contribution in [2.24, 2.45) is 0 Å². The van der Waals surface area contributed by atoms with Gasteiger partial charge in [0.1, 0.15) is 0 Å². The maximum atomic E-state index is 12.6. The lowest BCUT2D eigenvalue weighted by Gasteiger charge is -2.17. The Bertz CT molecular complexity index is 802. The molecule has 25 heavy (non-hydrogen) atoms. The molecule has 0 aromatic heterocycles. The van der Waals surface area contributed by atoms with Gasteiger partial charge in [-0.2, -0.15) is 0 Å². The molecule has 0 spiro atoms. The van der Waals surface area contributed by atoms with E-state index in [1.165, 1.54) is 6.08 Å². The maximum absolute atomic E-state index is 12.6. The van der Waals surface area contributed by atoms with Crippen LogP contribution in [0.5, 0.6) is 0 Å². The zero-order chi connectivity index (χ0) is 17.8. The number of amides is 2. The smallest absolute Gasteiger partial charge is 0.253 e. The molecule has 3 rings (SSSR count). The summed E-state index contributed by atoms with van der Waals surface area (Å²) in [7, 11) is 0. The van der Waals surface area contributed by atoms with Crippen molar-refractivity contribution < 1.29 is 9.59 Å². The fourth-order valence-electron chi connectivity index (χ4n) is 2.99. The summed E-state index contributed by atoms with van der Waals surface area (Å²) in [6, 6.07) is 15.0. The Labute approximate surface area is 152 Å². The van der Waals surface area contributed by atoms with Gasteiger partial charge < -0.3 is 10.2 Å². The van der Waals surface area contributed by atoms with Crippen LogP contribution in [-0.2, 0) is 4.79 Å². The van der Waals surface area contributed by atoms with Gasteiger partial charge in [0.05, 0.1) is 0 Å². The standard InChI is InChI=1S/C20H19ClN2O2/c1-2-19(24)22-16-11-12-23(13-16)20(25)15-9-7-14(8-10-15)17-5-3-4-6-18(17)21/h2-10,16H,1,11-13H2,(H,22,24)/t16-/m0/s1. The highest BCUT2D eigenvalue weighted by Crippen LogP contribution is 2.28. The first-order chi connectivity index (χ1) is 12.1. The van der Waals surface area contributed by atoms with Crippen molar-refractivity contribution in [2.45, 2.75) is 12.5 Å². The van der Waals surface area contributed by atoms with Crippen LogP contribution in [0.2, 0.25) is 5.02 Å². The van der Waals surface area contributed by atoms with E-state index in [1.807, 2.05) is 48.5 Å². The molecule has 4 nitrogen and oxygen atoms in total. The van der Waals surface area contributed by atoms with E-state index in [9.17, 15) is 9.59 Å². The van der Waals surface area contributed by atoms with Crippen LogP contribution in [0.25, 0.3) is 11.1 Å². The molecule has 128 valence electrons. The molecule has 0 radical (unpaired) electrons. The Hall–Kier alpha value is -2.59. The van der Waals surface area contributed by atoms with Crippen molar-refractivity contribution in [1.82, 2.24) is 10.2 Å². The molecule has 0 unspecified atom stereocenters. The molecule has 0 bridgehead atoms. The predicted molar refractivity (Wildman–Crippen MR) is 99.5 cm³/mol. The van der Waals surface area contributed by atoms with Gasteiger partial charge in [0, 0.05) is 35.3 Å². The van der Waals surface area contributed by atoms with Crippen molar-refractivity contribution in [1.29, 1.82) is 0 Å². The molecule has 1 fully saturated rings. The van der Waals surface area contributed by atoms with Gasteiger partial charge in [-0.3, -0.25) is 9.59 Å². The second kappa shape index (κ2) is 7.53. The number of nitrogens with one attached hydrogen (secondary N) is 1. The molecule has 5 heteroatoms. The number of carbonyl (C=O) groups is 2. The van der Waals surface area contributed by atoms with Crippen LogP contribution < -0.4 is 5.32 Å². The topological polar surface area (TPSA) is 49.4 Å². The third kappa shape index (κ3) is 3.91. The molecular weight excluding hydrogens is 336 g/mol. The minimum atomic E-state index is -0.205. The number of hydrogen-bond donors (Lipinski definition) is 1. The van der Waals surface area contributed by atoms with Gasteiger partial charge in [0.25, 0.3) is 5.91 Å². The highest BCUT2D eigenvalue weighted by atomic mass is 35.5.